The molecule has 3 fully saturated rings. The van der Waals surface area contributed by atoms with Gasteiger partial charge >= 0.3 is 6.01 Å². The van der Waals surface area contributed by atoms with Crippen LogP contribution in [0.1, 0.15) is 84.9 Å². The van der Waals surface area contributed by atoms with Crippen molar-refractivity contribution in [2.24, 2.45) is 0 Å². The third-order valence-electron chi connectivity index (χ3n) is 13.4. The molecule has 2 aromatic heterocycles. The molecule has 0 amide bonds. The predicted molar refractivity (Wildman–Crippen MR) is 224 cm³/mol. The van der Waals surface area contributed by atoms with Gasteiger partial charge in [0.05, 0.1) is 34.8 Å². The molecular weight excluding hydrogens is 760 g/mol. The van der Waals surface area contributed by atoms with Crippen molar-refractivity contribution in [2.45, 2.75) is 114 Å². The minimum absolute atomic E-state index is 0.0182. The molecule has 0 unspecified atom stereocenters. The third-order valence-corrected chi connectivity index (χ3v) is 19.7. The number of aryl methyl sites for hydroxylation is 1. The van der Waals surface area contributed by atoms with Crippen LogP contribution in [0.15, 0.2) is 24.3 Å². The molecule has 13 heteroatoms. The molecule has 2 aromatic carbocycles. The number of alkyl halides is 1. The summed E-state index contributed by atoms with van der Waals surface area (Å²) in [5.74, 6) is 3.18. The Bertz CT molecular complexity index is 2240. The number of ether oxygens (including phenoxy) is 4. The molecule has 4 aliphatic rings. The lowest BCUT2D eigenvalue weighted by Gasteiger charge is -2.38. The summed E-state index contributed by atoms with van der Waals surface area (Å²) in [4.78, 5) is 19.3. The Balaban J connectivity index is 1.36. The number of hydrogen-bond acceptors (Lipinski definition) is 9. The maximum Gasteiger partial charge on any atom is 0.319 e. The van der Waals surface area contributed by atoms with E-state index in [9.17, 15) is 4.39 Å². The van der Waals surface area contributed by atoms with Gasteiger partial charge in [-0.3, -0.25) is 4.90 Å². The molecule has 0 bridgehead atoms. The molecule has 0 saturated carbocycles. The van der Waals surface area contributed by atoms with E-state index in [-0.39, 0.29) is 42.2 Å². The molecule has 4 aliphatic heterocycles. The first-order chi connectivity index (χ1) is 27.9. The SMILES string of the molecule is COCOc1cc(-c2nc3c4c(nc(OC[C@@]56CCCN5C[C@@H](F)C6)nc4c2F)N2CCCOC[C@@H]2CC3)c2c(C#C[Si](C(C)C)(C(C)C)C(C)C)c(F)ccc2c1. The molecule has 0 N–H and O–H groups in total. The number of fused-ring (bicyclic) bond motifs is 4. The number of pyridine rings is 1. The first-order valence-electron chi connectivity index (χ1n) is 21.0. The van der Waals surface area contributed by atoms with Gasteiger partial charge in [-0.25, -0.2) is 18.2 Å². The molecule has 3 saturated heterocycles. The fourth-order valence-corrected chi connectivity index (χ4v) is 15.9. The van der Waals surface area contributed by atoms with Gasteiger partial charge in [0.15, 0.2) is 12.6 Å². The summed E-state index contributed by atoms with van der Waals surface area (Å²) < 4.78 is 72.6. The zero-order valence-corrected chi connectivity index (χ0v) is 35.9. The summed E-state index contributed by atoms with van der Waals surface area (Å²) in [6, 6.07) is 6.62. The van der Waals surface area contributed by atoms with E-state index >= 15 is 8.78 Å². The van der Waals surface area contributed by atoms with Gasteiger partial charge in [-0.1, -0.05) is 53.5 Å². The molecule has 9 nitrogen and oxygen atoms in total. The molecule has 6 heterocycles. The monoisotopic (exact) mass is 815 g/mol. The van der Waals surface area contributed by atoms with Gasteiger partial charge in [0, 0.05) is 44.2 Å². The van der Waals surface area contributed by atoms with Crippen molar-refractivity contribution in [1.29, 1.82) is 0 Å². The fraction of sp³-hybridized carbons (Fsp3) is 0.578. The van der Waals surface area contributed by atoms with Crippen molar-refractivity contribution >= 4 is 35.6 Å². The molecule has 310 valence electrons. The Labute approximate surface area is 341 Å². The topological polar surface area (TPSA) is 82.1 Å². The standard InChI is InChI=1S/C45H56F3N5O4Si/c1-27(2)58(28(3)4,29(5)6)19-14-34-36(47)12-10-30-20-33(57-26-54-7)21-35(38(30)34)41-40(48)42-39-37(49-41)13-11-32-24-55-18-9-17-53(32)43(39)51-44(50-42)56-25-45-15-8-16-52(45)23-31(46)22-45/h10,12,20-21,27-29,31-32H,8-9,11,13,15-18,22-26H2,1-7H3/t31-,32-,45-/m0/s1. The highest BCUT2D eigenvalue weighted by atomic mass is 28.3. The van der Waals surface area contributed by atoms with Crippen LogP contribution >= 0.6 is 0 Å². The first kappa shape index (κ1) is 40.8. The van der Waals surface area contributed by atoms with Gasteiger partial charge in [-0.15, -0.1) is 5.54 Å². The quantitative estimate of drug-likeness (QED) is 0.0885. The third kappa shape index (κ3) is 7.11. The second kappa shape index (κ2) is 16.2. The van der Waals surface area contributed by atoms with E-state index in [1.54, 1.807) is 18.2 Å². The number of halogens is 3. The van der Waals surface area contributed by atoms with Crippen molar-refractivity contribution in [2.75, 3.05) is 58.3 Å². The van der Waals surface area contributed by atoms with Gasteiger partial charge in [0.2, 0.25) is 0 Å². The second-order valence-corrected chi connectivity index (χ2v) is 23.2. The zero-order chi connectivity index (χ0) is 40.9. The Kier molecular flexibility index (Phi) is 11.4. The van der Waals surface area contributed by atoms with Crippen LogP contribution in [0.2, 0.25) is 16.6 Å². The van der Waals surface area contributed by atoms with Crippen molar-refractivity contribution in [3.8, 4) is 34.5 Å². The van der Waals surface area contributed by atoms with E-state index in [1.165, 1.54) is 13.2 Å². The normalized spacial score (nSPS) is 22.3. The molecule has 4 aromatic rings. The number of nitrogens with zero attached hydrogens (tertiary/aromatic N) is 5. The Morgan fingerprint density at radius 1 is 0.983 bits per heavy atom. The van der Waals surface area contributed by atoms with Crippen LogP contribution in [0.25, 0.3) is 32.9 Å². The van der Waals surface area contributed by atoms with E-state index in [0.29, 0.717) is 101 Å². The summed E-state index contributed by atoms with van der Waals surface area (Å²) in [7, 11) is -0.767. The first-order valence-corrected chi connectivity index (χ1v) is 23.3. The molecule has 8 rings (SSSR count). The Morgan fingerprint density at radius 2 is 1.78 bits per heavy atom. The van der Waals surface area contributed by atoms with Crippen molar-refractivity contribution in [1.82, 2.24) is 19.9 Å². The number of anilines is 1. The number of aromatic nitrogens is 3. The number of rotatable bonds is 10. The van der Waals surface area contributed by atoms with E-state index in [2.05, 4.69) is 62.8 Å². The Hall–Kier alpha value is -3.96. The molecule has 58 heavy (non-hydrogen) atoms. The molecule has 0 aliphatic carbocycles. The van der Waals surface area contributed by atoms with Crippen molar-refractivity contribution in [3.63, 3.8) is 0 Å². The number of methoxy groups -OCH3 is 1. The van der Waals surface area contributed by atoms with Gasteiger partial charge in [0.25, 0.3) is 0 Å². The average Bonchev–Trinajstić information content (AvgIpc) is 3.54. The van der Waals surface area contributed by atoms with Crippen molar-refractivity contribution < 1.29 is 32.1 Å². The van der Waals surface area contributed by atoms with Crippen LogP contribution in [0, 0.1) is 23.1 Å². The van der Waals surface area contributed by atoms with E-state index in [4.69, 9.17) is 33.9 Å². The summed E-state index contributed by atoms with van der Waals surface area (Å²) >= 11 is 0. The smallest absolute Gasteiger partial charge is 0.319 e. The lowest BCUT2D eigenvalue weighted by Crippen LogP contribution is -2.43. The summed E-state index contributed by atoms with van der Waals surface area (Å²) in [5.41, 5.74) is 5.52. The van der Waals surface area contributed by atoms with Crippen LogP contribution < -0.4 is 14.4 Å². The predicted octanol–water partition coefficient (Wildman–Crippen LogP) is 9.17. The highest BCUT2D eigenvalue weighted by Gasteiger charge is 2.49. The molecular formula is C45H56F3N5O4Si. The minimum Gasteiger partial charge on any atom is -0.468 e. The number of benzene rings is 2. The highest BCUT2D eigenvalue weighted by molar-refractivity contribution is 6.90. The summed E-state index contributed by atoms with van der Waals surface area (Å²) in [5, 5.41) is 1.62. The zero-order valence-electron chi connectivity index (χ0n) is 34.9. The fourth-order valence-electron chi connectivity index (χ4n) is 10.7. The van der Waals surface area contributed by atoms with Crippen LogP contribution in [-0.4, -0.2) is 99.0 Å². The van der Waals surface area contributed by atoms with Gasteiger partial charge in [0.1, 0.15) is 49.4 Å². The Morgan fingerprint density at radius 3 is 2.53 bits per heavy atom. The van der Waals surface area contributed by atoms with Gasteiger partial charge < -0.3 is 23.8 Å². The molecule has 0 radical (unpaired) electrons. The van der Waals surface area contributed by atoms with E-state index in [0.717, 1.165) is 25.8 Å². The van der Waals surface area contributed by atoms with Crippen molar-refractivity contribution in [3.05, 3.63) is 47.2 Å². The lowest BCUT2D eigenvalue weighted by molar-refractivity contribution is 0.0512. The van der Waals surface area contributed by atoms with Crippen LogP contribution in [0.5, 0.6) is 11.8 Å². The molecule has 0 spiro atoms. The largest absolute Gasteiger partial charge is 0.468 e. The van der Waals surface area contributed by atoms with Crippen LogP contribution in [0.4, 0.5) is 19.0 Å². The van der Waals surface area contributed by atoms with Crippen LogP contribution in [0.3, 0.4) is 0 Å². The van der Waals surface area contributed by atoms with E-state index in [1.807, 2.05) is 0 Å². The lowest BCUT2D eigenvalue weighted by atomic mass is 9.95. The minimum atomic E-state index is -2.30. The highest BCUT2D eigenvalue weighted by Crippen LogP contribution is 2.45. The average molecular weight is 816 g/mol. The van der Waals surface area contributed by atoms with Gasteiger partial charge in [-0.05, 0) is 78.9 Å². The summed E-state index contributed by atoms with van der Waals surface area (Å²) in [6.45, 7) is 16.5. The second-order valence-electron chi connectivity index (χ2n) is 17.6. The number of hydrogen-bond donors (Lipinski definition) is 0. The maximum absolute atomic E-state index is 17.8. The van der Waals surface area contributed by atoms with Gasteiger partial charge in [-0.2, -0.15) is 9.97 Å². The summed E-state index contributed by atoms with van der Waals surface area (Å²) in [6.07, 6.45) is 3.24. The van der Waals surface area contributed by atoms with Crippen LogP contribution in [-0.2, 0) is 15.9 Å². The molecule has 3 atom stereocenters. The van der Waals surface area contributed by atoms with E-state index < -0.39 is 31.4 Å². The maximum atomic E-state index is 17.8.